The second kappa shape index (κ2) is 10.4. The third-order valence-corrected chi connectivity index (χ3v) is 5.86. The summed E-state index contributed by atoms with van der Waals surface area (Å²) in [5, 5.41) is 5.42. The Hall–Kier alpha value is -3.45. The smallest absolute Gasteiger partial charge is 0.327 e. The molecule has 7 heteroatoms. The van der Waals surface area contributed by atoms with Crippen LogP contribution in [0.15, 0.2) is 60.8 Å². The highest BCUT2D eigenvalue weighted by Crippen LogP contribution is 2.26. The molecule has 0 aliphatic heterocycles. The Morgan fingerprint density at radius 1 is 1.12 bits per heavy atom. The Bertz CT molecular complexity index is 1220. The van der Waals surface area contributed by atoms with Crippen molar-refractivity contribution in [2.75, 3.05) is 12.4 Å². The van der Waals surface area contributed by atoms with E-state index in [0.717, 1.165) is 65.7 Å². The van der Waals surface area contributed by atoms with Crippen molar-refractivity contribution in [3.05, 3.63) is 66.6 Å². The van der Waals surface area contributed by atoms with Crippen LogP contribution in [0.1, 0.15) is 38.9 Å². The summed E-state index contributed by atoms with van der Waals surface area (Å²) in [6.45, 7) is 5.00. The number of aromatic nitrogens is 3. The minimum absolute atomic E-state index is 0.0819. The quantitative estimate of drug-likeness (QED) is 0.330. The number of nitrogens with zero attached hydrogens (tertiary/aromatic N) is 4. The van der Waals surface area contributed by atoms with Crippen molar-refractivity contribution in [1.82, 2.24) is 19.6 Å². The number of hydrogen-bond acceptors (Lipinski definition) is 4. The Morgan fingerprint density at radius 3 is 2.64 bits per heavy atom. The molecule has 0 spiro atoms. The molecule has 1 unspecified atom stereocenters. The van der Waals surface area contributed by atoms with Crippen LogP contribution in [0, 0.1) is 0 Å². The monoisotopic (exact) mass is 445 g/mol. The van der Waals surface area contributed by atoms with Gasteiger partial charge in [-0.25, -0.2) is 14.8 Å². The molecule has 1 atom stereocenters. The van der Waals surface area contributed by atoms with Gasteiger partial charge in [-0.05, 0) is 44.4 Å². The fourth-order valence-electron chi connectivity index (χ4n) is 4.29. The van der Waals surface area contributed by atoms with Crippen LogP contribution < -0.4 is 5.32 Å². The lowest BCUT2D eigenvalue weighted by Crippen LogP contribution is -2.40. The van der Waals surface area contributed by atoms with Crippen molar-refractivity contribution in [3.63, 3.8) is 0 Å². The Kier molecular flexibility index (Phi) is 7.19. The fraction of sp³-hybridized carbons (Fsp3) is 0.346. The number of carbonyl (C=O) groups excluding carboxylic acids is 1. The molecule has 172 valence electrons. The number of rotatable bonds is 9. The summed E-state index contributed by atoms with van der Waals surface area (Å²) in [5.74, 6) is 1.09. The molecule has 0 saturated carbocycles. The minimum atomic E-state index is -0.270. The highest BCUT2D eigenvalue weighted by Gasteiger charge is 2.21. The molecule has 0 fully saturated rings. The Balaban J connectivity index is 1.49. The first kappa shape index (κ1) is 22.7. The number of aryl methyl sites for hydroxylation is 2. The number of amides is 2. The highest BCUT2D eigenvalue weighted by molar-refractivity contribution is 6.02. The number of urea groups is 1. The molecule has 2 amide bonds. The molecule has 4 rings (SSSR count). The first-order valence-electron chi connectivity index (χ1n) is 11.5. The second-order valence-electron chi connectivity index (χ2n) is 8.23. The molecule has 7 nitrogen and oxygen atoms in total. The summed E-state index contributed by atoms with van der Waals surface area (Å²) in [4.78, 5) is 27.6. The molecule has 2 heterocycles. The van der Waals surface area contributed by atoms with Crippen LogP contribution in [0.2, 0.25) is 0 Å². The first-order chi connectivity index (χ1) is 16.1. The molecule has 2 aromatic carbocycles. The minimum Gasteiger partial charge on any atom is -0.327 e. The van der Waals surface area contributed by atoms with E-state index < -0.39 is 0 Å². The van der Waals surface area contributed by atoms with E-state index in [1.807, 2.05) is 61.7 Å². The van der Waals surface area contributed by atoms with Gasteiger partial charge < -0.3 is 9.88 Å². The van der Waals surface area contributed by atoms with E-state index in [0.29, 0.717) is 0 Å². The molecule has 1 N–H and O–H groups in total. The van der Waals surface area contributed by atoms with Gasteiger partial charge in [-0.15, -0.1) is 0 Å². The first-order valence-corrected chi connectivity index (χ1v) is 11.5. The number of carbonyl (C=O) groups is 1. The van der Waals surface area contributed by atoms with E-state index in [1.54, 1.807) is 0 Å². The Labute approximate surface area is 194 Å². The third-order valence-electron chi connectivity index (χ3n) is 5.86. The maximum absolute atomic E-state index is 12.7. The highest BCUT2D eigenvalue weighted by atomic mass is 16.7. The standard InChI is InChI=1S/C26H31N5O2/c1-4-11-24-29-23-18-27-22-16-9-8-15-21(22)25(23)30(24)17-10-12-19(2)31(33-3)26(32)28-20-13-6-5-7-14-20/h5-9,13-16,18-19H,4,10-12,17H2,1-3H3,(H,28,32). The number of imidazole rings is 1. The van der Waals surface area contributed by atoms with E-state index in [-0.39, 0.29) is 12.1 Å². The second-order valence-corrected chi connectivity index (χ2v) is 8.23. The van der Waals surface area contributed by atoms with Gasteiger partial charge in [-0.1, -0.05) is 43.3 Å². The number of anilines is 1. The number of fused-ring (bicyclic) bond motifs is 3. The molecule has 2 aromatic heterocycles. The molecular weight excluding hydrogens is 414 g/mol. The van der Waals surface area contributed by atoms with Gasteiger partial charge in [0.25, 0.3) is 0 Å². The lowest BCUT2D eigenvalue weighted by atomic mass is 10.1. The van der Waals surface area contributed by atoms with Gasteiger partial charge >= 0.3 is 6.03 Å². The predicted octanol–water partition coefficient (Wildman–Crippen LogP) is 5.80. The zero-order valence-electron chi connectivity index (χ0n) is 19.5. The van der Waals surface area contributed by atoms with Gasteiger partial charge in [-0.3, -0.25) is 9.82 Å². The number of hydroxylamine groups is 2. The van der Waals surface area contributed by atoms with Gasteiger partial charge in [0.15, 0.2) is 0 Å². The van der Waals surface area contributed by atoms with Crippen molar-refractivity contribution in [2.45, 2.75) is 52.1 Å². The van der Waals surface area contributed by atoms with Crippen molar-refractivity contribution in [3.8, 4) is 0 Å². The van der Waals surface area contributed by atoms with Crippen LogP contribution in [0.4, 0.5) is 10.5 Å². The maximum Gasteiger partial charge on any atom is 0.346 e. The summed E-state index contributed by atoms with van der Waals surface area (Å²) < 4.78 is 2.33. The summed E-state index contributed by atoms with van der Waals surface area (Å²) >= 11 is 0. The molecule has 0 aliphatic carbocycles. The summed E-state index contributed by atoms with van der Waals surface area (Å²) in [5.41, 5.74) is 3.80. The number of hydrogen-bond donors (Lipinski definition) is 1. The third kappa shape index (κ3) is 4.98. The van der Waals surface area contributed by atoms with Crippen LogP contribution >= 0.6 is 0 Å². The number of pyridine rings is 1. The summed E-state index contributed by atoms with van der Waals surface area (Å²) in [7, 11) is 1.53. The van der Waals surface area contributed by atoms with Crippen LogP contribution in [0.3, 0.4) is 0 Å². The van der Waals surface area contributed by atoms with E-state index in [9.17, 15) is 4.79 Å². The lowest BCUT2D eigenvalue weighted by Gasteiger charge is -2.27. The summed E-state index contributed by atoms with van der Waals surface area (Å²) in [6.07, 6.45) is 5.50. The van der Waals surface area contributed by atoms with Crippen LogP contribution in [0.5, 0.6) is 0 Å². The number of benzene rings is 2. The molecular formula is C26H31N5O2. The molecule has 4 aromatic rings. The van der Waals surface area contributed by atoms with E-state index in [1.165, 1.54) is 12.2 Å². The molecule has 0 radical (unpaired) electrons. The van der Waals surface area contributed by atoms with Gasteiger partial charge in [0.1, 0.15) is 11.3 Å². The van der Waals surface area contributed by atoms with E-state index in [2.05, 4.69) is 27.9 Å². The van der Waals surface area contributed by atoms with Crippen molar-refractivity contribution in [2.24, 2.45) is 0 Å². The van der Waals surface area contributed by atoms with Crippen LogP contribution in [-0.4, -0.2) is 38.8 Å². The zero-order valence-corrected chi connectivity index (χ0v) is 19.5. The topological polar surface area (TPSA) is 72.3 Å². The van der Waals surface area contributed by atoms with E-state index in [4.69, 9.17) is 9.82 Å². The number of para-hydroxylation sites is 2. The average molecular weight is 446 g/mol. The van der Waals surface area contributed by atoms with Gasteiger partial charge in [0, 0.05) is 24.0 Å². The van der Waals surface area contributed by atoms with Gasteiger partial charge in [0.05, 0.1) is 30.4 Å². The molecule has 0 saturated heterocycles. The average Bonchev–Trinajstić information content (AvgIpc) is 3.18. The molecule has 0 bridgehead atoms. The number of nitrogens with one attached hydrogen (secondary N) is 1. The molecule has 0 aliphatic rings. The fourth-order valence-corrected chi connectivity index (χ4v) is 4.29. The SMILES string of the molecule is CCCc1nc2cnc3ccccc3c2n1CCCC(C)N(OC)C(=O)Nc1ccccc1. The largest absolute Gasteiger partial charge is 0.346 e. The van der Waals surface area contributed by atoms with Crippen molar-refractivity contribution < 1.29 is 9.63 Å². The van der Waals surface area contributed by atoms with Crippen molar-refractivity contribution >= 4 is 33.7 Å². The normalized spacial score (nSPS) is 12.2. The van der Waals surface area contributed by atoms with E-state index >= 15 is 0 Å². The van der Waals surface area contributed by atoms with Crippen molar-refractivity contribution in [1.29, 1.82) is 0 Å². The van der Waals surface area contributed by atoms with Gasteiger partial charge in [0.2, 0.25) is 0 Å². The summed E-state index contributed by atoms with van der Waals surface area (Å²) in [6, 6.07) is 17.3. The lowest BCUT2D eigenvalue weighted by molar-refractivity contribution is -0.110. The zero-order chi connectivity index (χ0) is 23.2. The molecule has 33 heavy (non-hydrogen) atoms. The van der Waals surface area contributed by atoms with Crippen LogP contribution in [-0.2, 0) is 17.8 Å². The Morgan fingerprint density at radius 2 is 1.88 bits per heavy atom. The van der Waals surface area contributed by atoms with Crippen LogP contribution in [0.25, 0.3) is 21.9 Å². The van der Waals surface area contributed by atoms with Gasteiger partial charge in [-0.2, -0.15) is 0 Å². The maximum atomic E-state index is 12.7. The predicted molar refractivity (Wildman–Crippen MR) is 132 cm³/mol.